The highest BCUT2D eigenvalue weighted by Crippen LogP contribution is 2.34. The van der Waals surface area contributed by atoms with Crippen LogP contribution in [0, 0.1) is 5.92 Å². The molecule has 0 saturated heterocycles. The fourth-order valence-corrected chi connectivity index (χ4v) is 5.49. The van der Waals surface area contributed by atoms with E-state index in [9.17, 15) is 4.79 Å². The summed E-state index contributed by atoms with van der Waals surface area (Å²) < 4.78 is 11.7. The molecule has 2 aromatic carbocycles. The number of ether oxygens (including phenoxy) is 2. The summed E-state index contributed by atoms with van der Waals surface area (Å²) in [4.78, 5) is 27.3. The van der Waals surface area contributed by atoms with E-state index in [0.29, 0.717) is 66.0 Å². The lowest BCUT2D eigenvalue weighted by Gasteiger charge is -2.37. The molecular weight excluding hydrogens is 563 g/mol. The number of rotatable bonds is 13. The monoisotopic (exact) mass is 600 g/mol. The first-order chi connectivity index (χ1) is 19.9. The lowest BCUT2D eigenvalue weighted by Crippen LogP contribution is -2.40. The third kappa shape index (κ3) is 8.60. The predicted octanol–water partition coefficient (Wildman–Crippen LogP) is 6.81. The Hall–Kier alpha value is -3.30. The van der Waals surface area contributed by atoms with E-state index in [4.69, 9.17) is 37.7 Å². The van der Waals surface area contributed by atoms with Gasteiger partial charge in [0, 0.05) is 37.7 Å². The second kappa shape index (κ2) is 15.1. The molecular formula is C30H38Cl2N6O3. The minimum absolute atomic E-state index is 0.00244. The number of hydrogen-bond acceptors (Lipinski definition) is 8. The third-order valence-electron chi connectivity index (χ3n) is 7.49. The zero-order valence-electron chi connectivity index (χ0n) is 23.8. The molecule has 41 heavy (non-hydrogen) atoms. The van der Waals surface area contributed by atoms with Crippen molar-refractivity contribution in [3.63, 3.8) is 0 Å². The van der Waals surface area contributed by atoms with Crippen LogP contribution in [-0.2, 0) is 11.3 Å². The van der Waals surface area contributed by atoms with Gasteiger partial charge in [-0.2, -0.15) is 15.0 Å². The van der Waals surface area contributed by atoms with Gasteiger partial charge in [0.15, 0.2) is 0 Å². The van der Waals surface area contributed by atoms with E-state index in [2.05, 4.69) is 32.4 Å². The van der Waals surface area contributed by atoms with Gasteiger partial charge in [-0.3, -0.25) is 4.79 Å². The van der Waals surface area contributed by atoms with Gasteiger partial charge in [-0.25, -0.2) is 0 Å². The standard InChI is InChI=1S/C30H38Cl2N6O3/c1-20(21-10-5-4-6-11-21)38(30-36-28(32)35-29(37-30)34-25-13-8-7-12-24(25)31)19-22-15-16-23(18-26(22)40-3)41-17-9-14-27(39)33-2/h7-8,12-13,15-16,18,20-21H,4-6,9-11,14,17,19H2,1-3H3,(H,33,39)(H,34,35,36,37)/t20-/m0/s1. The molecule has 1 amide bonds. The summed E-state index contributed by atoms with van der Waals surface area (Å²) in [6.45, 7) is 3.17. The smallest absolute Gasteiger partial charge is 0.233 e. The van der Waals surface area contributed by atoms with Gasteiger partial charge in [-0.1, -0.05) is 43.0 Å². The van der Waals surface area contributed by atoms with Crippen molar-refractivity contribution in [3.05, 3.63) is 58.3 Å². The molecule has 4 rings (SSSR count). The lowest BCUT2D eigenvalue weighted by molar-refractivity contribution is -0.120. The molecule has 1 atom stereocenters. The summed E-state index contributed by atoms with van der Waals surface area (Å²) in [5.74, 6) is 2.68. The molecule has 2 N–H and O–H groups in total. The Bertz CT molecular complexity index is 1300. The van der Waals surface area contributed by atoms with E-state index in [-0.39, 0.29) is 17.2 Å². The van der Waals surface area contributed by atoms with E-state index in [0.717, 1.165) is 18.4 Å². The summed E-state index contributed by atoms with van der Waals surface area (Å²) in [5, 5.41) is 6.46. The highest BCUT2D eigenvalue weighted by atomic mass is 35.5. The molecule has 9 nitrogen and oxygen atoms in total. The Morgan fingerprint density at radius 2 is 1.88 bits per heavy atom. The molecule has 0 radical (unpaired) electrons. The Balaban J connectivity index is 1.59. The normalized spacial score (nSPS) is 14.3. The second-order valence-corrected chi connectivity index (χ2v) is 10.9. The van der Waals surface area contributed by atoms with Gasteiger partial charge in [-0.15, -0.1) is 0 Å². The van der Waals surface area contributed by atoms with E-state index in [1.165, 1.54) is 19.3 Å². The highest BCUT2D eigenvalue weighted by molar-refractivity contribution is 6.33. The van der Waals surface area contributed by atoms with Crippen molar-refractivity contribution in [1.29, 1.82) is 0 Å². The Morgan fingerprint density at radius 1 is 1.10 bits per heavy atom. The van der Waals surface area contributed by atoms with Gasteiger partial charge in [0.05, 0.1) is 24.4 Å². The maximum absolute atomic E-state index is 11.5. The number of carbonyl (C=O) groups excluding carboxylic acids is 1. The SMILES string of the molecule is CNC(=O)CCCOc1ccc(CN(c2nc(Cl)nc(Nc3ccccc3Cl)n2)[C@@H](C)C2CCCCC2)c(OC)c1. The minimum atomic E-state index is -0.00244. The van der Waals surface area contributed by atoms with Crippen LogP contribution in [0.25, 0.3) is 0 Å². The van der Waals surface area contributed by atoms with Gasteiger partial charge in [0.2, 0.25) is 23.1 Å². The molecule has 0 bridgehead atoms. The maximum Gasteiger partial charge on any atom is 0.233 e. The van der Waals surface area contributed by atoms with Crippen molar-refractivity contribution in [2.75, 3.05) is 31.0 Å². The first kappa shape index (κ1) is 30.7. The number of nitrogens with zero attached hydrogens (tertiary/aromatic N) is 4. The van der Waals surface area contributed by atoms with Crippen molar-refractivity contribution in [2.24, 2.45) is 5.92 Å². The molecule has 0 unspecified atom stereocenters. The second-order valence-electron chi connectivity index (χ2n) is 10.2. The summed E-state index contributed by atoms with van der Waals surface area (Å²) >= 11 is 12.8. The van der Waals surface area contributed by atoms with Crippen LogP contribution >= 0.6 is 23.2 Å². The molecule has 1 aliphatic rings. The molecule has 1 aromatic heterocycles. The van der Waals surface area contributed by atoms with Crippen LogP contribution < -0.4 is 25.0 Å². The topological polar surface area (TPSA) is 102 Å². The average Bonchev–Trinajstić information content (AvgIpc) is 2.99. The number of amides is 1. The number of methoxy groups -OCH3 is 1. The average molecular weight is 602 g/mol. The number of halogens is 2. The quantitative estimate of drug-likeness (QED) is 0.206. The van der Waals surface area contributed by atoms with Gasteiger partial charge in [0.25, 0.3) is 0 Å². The summed E-state index contributed by atoms with van der Waals surface area (Å²) in [5.41, 5.74) is 1.65. The van der Waals surface area contributed by atoms with Crippen LogP contribution in [-0.4, -0.2) is 47.7 Å². The fourth-order valence-electron chi connectivity index (χ4n) is 5.15. The number of nitrogens with one attached hydrogen (secondary N) is 2. The van der Waals surface area contributed by atoms with E-state index in [1.54, 1.807) is 20.2 Å². The third-order valence-corrected chi connectivity index (χ3v) is 7.99. The molecule has 11 heteroatoms. The summed E-state index contributed by atoms with van der Waals surface area (Å²) in [6.07, 6.45) is 7.06. The first-order valence-corrected chi connectivity index (χ1v) is 14.8. The van der Waals surface area contributed by atoms with E-state index < -0.39 is 0 Å². The largest absolute Gasteiger partial charge is 0.496 e. The molecule has 1 saturated carbocycles. The first-order valence-electron chi connectivity index (χ1n) is 14.1. The van der Waals surface area contributed by atoms with E-state index >= 15 is 0 Å². The summed E-state index contributed by atoms with van der Waals surface area (Å²) in [7, 11) is 3.28. The van der Waals surface area contributed by atoms with Gasteiger partial charge in [0.1, 0.15) is 11.5 Å². The lowest BCUT2D eigenvalue weighted by atomic mass is 9.84. The van der Waals surface area contributed by atoms with Crippen molar-refractivity contribution in [2.45, 2.75) is 64.5 Å². The molecule has 1 fully saturated rings. The number of aromatic nitrogens is 3. The number of hydrogen-bond donors (Lipinski definition) is 2. The number of anilines is 3. The Kier molecular flexibility index (Phi) is 11.3. The van der Waals surface area contributed by atoms with E-state index in [1.807, 2.05) is 36.4 Å². The van der Waals surface area contributed by atoms with Crippen molar-refractivity contribution in [3.8, 4) is 11.5 Å². The van der Waals surface area contributed by atoms with Crippen LogP contribution in [0.5, 0.6) is 11.5 Å². The highest BCUT2D eigenvalue weighted by Gasteiger charge is 2.29. The predicted molar refractivity (Wildman–Crippen MR) is 164 cm³/mol. The minimum Gasteiger partial charge on any atom is -0.496 e. The molecule has 1 aliphatic carbocycles. The Labute approximate surface area is 252 Å². The van der Waals surface area contributed by atoms with Crippen LogP contribution in [0.2, 0.25) is 10.3 Å². The van der Waals surface area contributed by atoms with Gasteiger partial charge in [-0.05, 0) is 68.0 Å². The van der Waals surface area contributed by atoms with Crippen LogP contribution in [0.1, 0.15) is 57.4 Å². The number of para-hydroxylation sites is 1. The van der Waals surface area contributed by atoms with Crippen molar-refractivity contribution >= 4 is 46.7 Å². The number of carbonyl (C=O) groups is 1. The molecule has 0 spiro atoms. The fraction of sp³-hybridized carbons (Fsp3) is 0.467. The molecule has 220 valence electrons. The Morgan fingerprint density at radius 3 is 2.61 bits per heavy atom. The van der Waals surface area contributed by atoms with Crippen LogP contribution in [0.4, 0.5) is 17.6 Å². The molecule has 1 heterocycles. The molecule has 0 aliphatic heterocycles. The van der Waals surface area contributed by atoms with Gasteiger partial charge >= 0.3 is 0 Å². The van der Waals surface area contributed by atoms with Crippen LogP contribution in [0.3, 0.4) is 0 Å². The van der Waals surface area contributed by atoms with Gasteiger partial charge < -0.3 is 25.0 Å². The zero-order chi connectivity index (χ0) is 29.2. The summed E-state index contributed by atoms with van der Waals surface area (Å²) in [6, 6.07) is 13.3. The number of benzene rings is 2. The van der Waals surface area contributed by atoms with Crippen LogP contribution in [0.15, 0.2) is 42.5 Å². The maximum atomic E-state index is 11.5. The van der Waals surface area contributed by atoms with Crippen molar-refractivity contribution in [1.82, 2.24) is 20.3 Å². The molecule has 3 aromatic rings. The zero-order valence-corrected chi connectivity index (χ0v) is 25.3. The van der Waals surface area contributed by atoms with Crippen molar-refractivity contribution < 1.29 is 14.3 Å².